The number of H-pyrrole nitrogens is 1. The molecule has 0 saturated carbocycles. The van der Waals surface area contributed by atoms with Gasteiger partial charge in [-0.05, 0) is 43.5 Å². The Morgan fingerprint density at radius 1 is 1.19 bits per heavy atom. The topological polar surface area (TPSA) is 31.5 Å². The van der Waals surface area contributed by atoms with Crippen LogP contribution in [0.1, 0.15) is 35.5 Å². The molecule has 2 aromatic heterocycles. The molecule has 0 aliphatic carbocycles. The van der Waals surface area contributed by atoms with Gasteiger partial charge < -0.3 is 9.72 Å². The van der Waals surface area contributed by atoms with E-state index in [-0.39, 0.29) is 31.4 Å². The largest absolute Gasteiger partial charge is 0.478 e. The highest BCUT2D eigenvalue weighted by atomic mass is 32.1. The van der Waals surface area contributed by atoms with Crippen LogP contribution in [0, 0.1) is 0 Å². The molecule has 2 aliphatic rings. The van der Waals surface area contributed by atoms with Crippen LogP contribution in [0.3, 0.4) is 0 Å². The predicted octanol–water partition coefficient (Wildman–Crippen LogP) is 5.25. The number of alkyl halides is 3. The van der Waals surface area contributed by atoms with Gasteiger partial charge in [0.05, 0.1) is 19.3 Å². The Bertz CT molecular complexity index is 1060. The van der Waals surface area contributed by atoms with Crippen LogP contribution >= 0.6 is 11.3 Å². The van der Waals surface area contributed by atoms with Crippen molar-refractivity contribution >= 4 is 22.2 Å². The highest BCUT2D eigenvalue weighted by molar-refractivity contribution is 7.13. The fourth-order valence-electron chi connectivity index (χ4n) is 5.03. The lowest BCUT2D eigenvalue weighted by Crippen LogP contribution is -2.53. The number of nitrogens with one attached hydrogen (secondary N) is 1. The number of fused-ring (bicyclic) bond motifs is 3. The number of halogens is 3. The van der Waals surface area contributed by atoms with Crippen molar-refractivity contribution in [2.24, 2.45) is 0 Å². The summed E-state index contributed by atoms with van der Waals surface area (Å²) >= 11 is 1.54. The quantitative estimate of drug-likeness (QED) is 0.495. The van der Waals surface area contributed by atoms with Crippen LogP contribution in [0.25, 0.3) is 10.9 Å². The second-order valence-electron chi connectivity index (χ2n) is 8.81. The normalized spacial score (nSPS) is 22.4. The van der Waals surface area contributed by atoms with E-state index < -0.39 is 6.43 Å². The summed E-state index contributed by atoms with van der Waals surface area (Å²) in [5.41, 5.74) is 3.28. The lowest BCUT2D eigenvalue weighted by Gasteiger charge is -2.40. The van der Waals surface area contributed by atoms with Crippen LogP contribution in [-0.2, 0) is 6.42 Å². The van der Waals surface area contributed by atoms with E-state index in [9.17, 15) is 13.2 Å². The first-order valence-corrected chi connectivity index (χ1v) is 12.0. The van der Waals surface area contributed by atoms with Gasteiger partial charge in [-0.3, -0.25) is 14.2 Å². The highest BCUT2D eigenvalue weighted by Gasteiger charge is 2.38. The molecule has 1 fully saturated rings. The molecule has 3 aromatic rings. The summed E-state index contributed by atoms with van der Waals surface area (Å²) in [4.78, 5) is 8.64. The molecule has 172 valence electrons. The minimum Gasteiger partial charge on any atom is -0.478 e. The molecule has 32 heavy (non-hydrogen) atoms. The van der Waals surface area contributed by atoms with Gasteiger partial charge in [-0.1, -0.05) is 18.2 Å². The van der Waals surface area contributed by atoms with Crippen molar-refractivity contribution in [3.63, 3.8) is 0 Å². The van der Waals surface area contributed by atoms with Crippen molar-refractivity contribution in [3.05, 3.63) is 52.5 Å². The zero-order valence-electron chi connectivity index (χ0n) is 18.1. The van der Waals surface area contributed by atoms with Gasteiger partial charge in [0.2, 0.25) is 0 Å². The Balaban J connectivity index is 1.41. The van der Waals surface area contributed by atoms with Crippen molar-refractivity contribution in [2.45, 2.75) is 44.4 Å². The third-order valence-electron chi connectivity index (χ3n) is 6.55. The predicted molar refractivity (Wildman–Crippen MR) is 122 cm³/mol. The van der Waals surface area contributed by atoms with E-state index in [2.05, 4.69) is 16.0 Å². The monoisotopic (exact) mass is 463 g/mol. The molecular formula is C24H28F3N3OS. The molecule has 0 unspecified atom stereocenters. The number of likely N-dealkylation sites (tertiary alicyclic amines) is 1. The smallest absolute Gasteiger partial charge is 0.251 e. The van der Waals surface area contributed by atoms with Gasteiger partial charge in [-0.2, -0.15) is 0 Å². The number of thiophene rings is 1. The van der Waals surface area contributed by atoms with Crippen molar-refractivity contribution in [1.29, 1.82) is 0 Å². The number of aromatic nitrogens is 1. The maximum absolute atomic E-state index is 13.5. The average Bonchev–Trinajstić information content (AvgIpc) is 3.34. The number of aromatic amines is 1. The van der Waals surface area contributed by atoms with Gasteiger partial charge in [0.1, 0.15) is 6.10 Å². The molecule has 4 heterocycles. The van der Waals surface area contributed by atoms with Crippen molar-refractivity contribution in [1.82, 2.24) is 14.8 Å². The van der Waals surface area contributed by atoms with E-state index >= 15 is 0 Å². The second-order valence-corrected chi connectivity index (χ2v) is 9.88. The first-order chi connectivity index (χ1) is 15.5. The third-order valence-corrected chi connectivity index (χ3v) is 7.58. The molecule has 1 N–H and O–H groups in total. The Labute approximate surface area is 190 Å². The van der Waals surface area contributed by atoms with E-state index in [0.29, 0.717) is 6.42 Å². The van der Waals surface area contributed by atoms with E-state index in [0.717, 1.165) is 47.2 Å². The number of benzene rings is 1. The summed E-state index contributed by atoms with van der Waals surface area (Å²) in [7, 11) is 0. The number of para-hydroxylation sites is 1. The standard InChI is InChI=1S/C24H28F3N3OS/c1-15-11-18-17-5-2-3-6-19(17)28-23(18)24(30(15)14-21(26)27)20-7-8-22(32-20)31-16-12-29(13-16)10-4-9-25/h2-3,5-8,15-16,21,24,28H,4,9-14H2,1H3/t15-,24-/m1/s1. The van der Waals surface area contributed by atoms with Crippen molar-refractivity contribution < 1.29 is 17.9 Å². The second kappa shape index (κ2) is 9.08. The van der Waals surface area contributed by atoms with E-state index in [1.807, 2.05) is 42.2 Å². The highest BCUT2D eigenvalue weighted by Crippen LogP contribution is 2.44. The number of rotatable bonds is 8. The van der Waals surface area contributed by atoms with Crippen molar-refractivity contribution in [2.75, 3.05) is 32.9 Å². The molecule has 8 heteroatoms. The lowest BCUT2D eigenvalue weighted by molar-refractivity contribution is 0.0208. The van der Waals surface area contributed by atoms with Gasteiger partial charge in [0, 0.05) is 47.2 Å². The summed E-state index contributed by atoms with van der Waals surface area (Å²) < 4.78 is 45.5. The molecule has 0 bridgehead atoms. The number of hydrogen-bond donors (Lipinski definition) is 1. The number of nitrogens with zero attached hydrogens (tertiary/aromatic N) is 2. The first kappa shape index (κ1) is 21.8. The minimum absolute atomic E-state index is 0.00266. The molecule has 0 amide bonds. The van der Waals surface area contributed by atoms with Gasteiger partial charge in [-0.15, -0.1) is 11.3 Å². The average molecular weight is 464 g/mol. The van der Waals surface area contributed by atoms with Crippen LogP contribution in [0.5, 0.6) is 5.06 Å². The van der Waals surface area contributed by atoms with Crippen LogP contribution in [0.15, 0.2) is 36.4 Å². The summed E-state index contributed by atoms with van der Waals surface area (Å²) in [6.45, 7) is 3.85. The minimum atomic E-state index is -2.40. The molecule has 2 aliphatic heterocycles. The Kier molecular flexibility index (Phi) is 6.18. The SMILES string of the molecule is C[C@@H]1Cc2c([nH]c3ccccc23)[C@@H](c2ccc(OC3CN(CCCF)C3)s2)N1CC(F)F. The van der Waals surface area contributed by atoms with Crippen LogP contribution < -0.4 is 4.74 Å². The van der Waals surface area contributed by atoms with Crippen molar-refractivity contribution in [3.8, 4) is 5.06 Å². The molecule has 2 atom stereocenters. The van der Waals surface area contributed by atoms with Gasteiger partial charge >= 0.3 is 0 Å². The molecule has 0 radical (unpaired) electrons. The molecule has 4 nitrogen and oxygen atoms in total. The van der Waals surface area contributed by atoms with Gasteiger partial charge in [0.25, 0.3) is 6.43 Å². The fraction of sp³-hybridized carbons (Fsp3) is 0.500. The van der Waals surface area contributed by atoms with Crippen LogP contribution in [-0.4, -0.2) is 66.2 Å². The zero-order chi connectivity index (χ0) is 22.2. The maximum atomic E-state index is 13.5. The molecule has 1 saturated heterocycles. The summed E-state index contributed by atoms with van der Waals surface area (Å²) in [6.07, 6.45) is -0.990. The molecule has 5 rings (SSSR count). The van der Waals surface area contributed by atoms with Gasteiger partial charge in [-0.25, -0.2) is 8.78 Å². The molecule has 0 spiro atoms. The van der Waals surface area contributed by atoms with E-state index in [1.54, 1.807) is 0 Å². The Hall–Kier alpha value is -2.03. The Morgan fingerprint density at radius 3 is 2.78 bits per heavy atom. The van der Waals surface area contributed by atoms with Crippen LogP contribution in [0.2, 0.25) is 0 Å². The lowest BCUT2D eigenvalue weighted by atomic mass is 9.91. The molecular weight excluding hydrogens is 435 g/mol. The van der Waals surface area contributed by atoms with Crippen LogP contribution in [0.4, 0.5) is 13.2 Å². The summed E-state index contributed by atoms with van der Waals surface area (Å²) in [5, 5.41) is 1.98. The molecule has 1 aromatic carbocycles. The maximum Gasteiger partial charge on any atom is 0.251 e. The van der Waals surface area contributed by atoms with E-state index in [1.165, 1.54) is 22.3 Å². The fourth-order valence-corrected chi connectivity index (χ4v) is 6.08. The first-order valence-electron chi connectivity index (χ1n) is 11.2. The number of ether oxygens (including phenoxy) is 1. The summed E-state index contributed by atoms with van der Waals surface area (Å²) in [6, 6.07) is 11.9. The van der Waals surface area contributed by atoms with Gasteiger partial charge in [0.15, 0.2) is 5.06 Å². The summed E-state index contributed by atoms with van der Waals surface area (Å²) in [5.74, 6) is 0. The number of hydrogen-bond acceptors (Lipinski definition) is 4. The zero-order valence-corrected chi connectivity index (χ0v) is 18.9. The van der Waals surface area contributed by atoms with E-state index in [4.69, 9.17) is 4.74 Å². The third kappa shape index (κ3) is 4.16. The Morgan fingerprint density at radius 2 is 2.00 bits per heavy atom.